The molecule has 0 spiro atoms. The quantitative estimate of drug-likeness (QED) is 0.179. The van der Waals surface area contributed by atoms with Crippen LogP contribution >= 0.6 is 0 Å². The van der Waals surface area contributed by atoms with Crippen LogP contribution in [0.2, 0.25) is 0 Å². The summed E-state index contributed by atoms with van der Waals surface area (Å²) < 4.78 is 8.19. The fraction of sp³-hybridized carbons (Fsp3) is 0.0714. The summed E-state index contributed by atoms with van der Waals surface area (Å²) in [5.74, 6) is 0.0438. The molecule has 0 unspecified atom stereocenters. The van der Waals surface area contributed by atoms with E-state index in [0.717, 1.165) is 57.1 Å². The number of phenolic OH excluding ortho intramolecular Hbond substituents is 3. The first-order valence-corrected chi connectivity index (χ1v) is 11.6. The van der Waals surface area contributed by atoms with Gasteiger partial charge in [-0.05, 0) is 35.9 Å². The number of phenols is 3. The second kappa shape index (κ2) is 13.6. The number of nitrogens with one attached hydrogen (secondary N) is 1. The summed E-state index contributed by atoms with van der Waals surface area (Å²) in [4.78, 5) is 11.6. The molecule has 0 bridgehead atoms. The molecule has 4 N–H and O–H groups in total. The van der Waals surface area contributed by atoms with Gasteiger partial charge in [0.05, 0.1) is 0 Å². The first kappa shape index (κ1) is 26.4. The number of H-pyrrole nitrogens is 1. The number of hydrogen-bond acceptors (Lipinski definition) is 6. The van der Waals surface area contributed by atoms with Gasteiger partial charge in [0, 0.05) is 65.4 Å². The molecule has 0 fully saturated rings. The van der Waals surface area contributed by atoms with Gasteiger partial charge in [0.15, 0.2) is 11.5 Å². The Morgan fingerprint density at radius 1 is 0.833 bits per heavy atom. The van der Waals surface area contributed by atoms with Crippen LogP contribution in [0.1, 0.15) is 11.3 Å². The number of rotatable bonds is 5. The van der Waals surface area contributed by atoms with Crippen molar-refractivity contribution in [2.24, 2.45) is 4.99 Å². The Hall–Kier alpha value is -4.20. The summed E-state index contributed by atoms with van der Waals surface area (Å²) in [6.45, 7) is 0.672. The second-order valence-corrected chi connectivity index (χ2v) is 7.62. The van der Waals surface area contributed by atoms with Crippen LogP contribution in [-0.4, -0.2) is 38.0 Å². The van der Waals surface area contributed by atoms with Crippen LogP contribution in [-0.2, 0) is 27.5 Å². The SMILES string of the molecule is Oc1cc2[nH]cc(-c3ccccc3)c2cc1O.Oc1ccccc1C=NCCc1ccccn1.[O]=[V]. The fourth-order valence-electron chi connectivity index (χ4n) is 3.49. The monoisotopic (exact) mass is 518 g/mol. The Bertz CT molecular complexity index is 1410. The zero-order valence-corrected chi connectivity index (χ0v) is 20.7. The summed E-state index contributed by atoms with van der Waals surface area (Å²) >= 11 is 1.06. The summed E-state index contributed by atoms with van der Waals surface area (Å²) in [5, 5.41) is 29.4. The molecule has 0 aliphatic carbocycles. The maximum atomic E-state index is 9.54. The summed E-state index contributed by atoms with van der Waals surface area (Å²) in [6.07, 6.45) is 6.16. The van der Waals surface area contributed by atoms with Crippen molar-refractivity contribution in [1.82, 2.24) is 9.97 Å². The van der Waals surface area contributed by atoms with Crippen LogP contribution in [0.4, 0.5) is 0 Å². The molecular weight excluding hydrogens is 493 g/mol. The van der Waals surface area contributed by atoms with Crippen molar-refractivity contribution in [3.8, 4) is 28.4 Å². The van der Waals surface area contributed by atoms with Crippen LogP contribution in [0.15, 0.2) is 102 Å². The molecule has 0 atom stereocenters. The number of aliphatic imine (C=N–C) groups is 1. The van der Waals surface area contributed by atoms with Gasteiger partial charge in [0.1, 0.15) is 5.75 Å². The van der Waals surface area contributed by atoms with Gasteiger partial charge in [0.25, 0.3) is 0 Å². The van der Waals surface area contributed by atoms with Gasteiger partial charge >= 0.3 is 21.0 Å². The predicted octanol–water partition coefficient (Wildman–Crippen LogP) is 5.57. The van der Waals surface area contributed by atoms with Crippen molar-refractivity contribution < 1.29 is 36.4 Å². The Balaban J connectivity index is 0.000000188. The zero-order valence-electron chi connectivity index (χ0n) is 19.3. The summed E-state index contributed by atoms with van der Waals surface area (Å²) in [6, 6.07) is 26.0. The average Bonchev–Trinajstić information content (AvgIpc) is 3.33. The first-order valence-electron chi connectivity index (χ1n) is 11.1. The van der Waals surface area contributed by atoms with Gasteiger partial charge in [-0.15, -0.1) is 0 Å². The number of hydrogen-bond donors (Lipinski definition) is 4. The molecule has 8 heteroatoms. The molecule has 36 heavy (non-hydrogen) atoms. The Labute approximate surface area is 218 Å². The number of aromatic hydroxyl groups is 3. The third-order valence-corrected chi connectivity index (χ3v) is 5.25. The molecule has 181 valence electrons. The molecule has 3 aromatic carbocycles. The minimum atomic E-state index is -0.112. The molecule has 0 amide bonds. The van der Waals surface area contributed by atoms with Gasteiger partial charge in [-0.3, -0.25) is 9.98 Å². The van der Waals surface area contributed by atoms with Crippen molar-refractivity contribution in [3.63, 3.8) is 0 Å². The molecule has 5 rings (SSSR count). The molecule has 0 aliphatic heterocycles. The van der Waals surface area contributed by atoms with Crippen LogP contribution in [0.3, 0.4) is 0 Å². The average molecular weight is 518 g/mol. The third kappa shape index (κ3) is 7.15. The molecule has 0 radical (unpaired) electrons. The second-order valence-electron chi connectivity index (χ2n) is 7.62. The maximum absolute atomic E-state index is 9.54. The van der Waals surface area contributed by atoms with E-state index in [9.17, 15) is 15.3 Å². The molecule has 7 nitrogen and oxygen atoms in total. The number of pyridine rings is 1. The van der Waals surface area contributed by atoms with Gasteiger partial charge in [-0.2, -0.15) is 0 Å². The molecule has 2 aromatic heterocycles. The van der Waals surface area contributed by atoms with E-state index in [1.54, 1.807) is 30.6 Å². The molecule has 0 saturated carbocycles. The number of fused-ring (bicyclic) bond motifs is 1. The summed E-state index contributed by atoms with van der Waals surface area (Å²) in [7, 11) is 0. The van der Waals surface area contributed by atoms with Crippen LogP contribution in [0, 0.1) is 0 Å². The van der Waals surface area contributed by atoms with Crippen molar-refractivity contribution in [1.29, 1.82) is 0 Å². The van der Waals surface area contributed by atoms with Gasteiger partial charge in [-0.25, -0.2) is 0 Å². The normalized spacial score (nSPS) is 10.3. The van der Waals surface area contributed by atoms with Crippen molar-refractivity contribution in [3.05, 3.63) is 109 Å². The number of aromatic nitrogens is 2. The fourth-order valence-corrected chi connectivity index (χ4v) is 3.49. The van der Waals surface area contributed by atoms with Gasteiger partial charge in [-0.1, -0.05) is 48.5 Å². The van der Waals surface area contributed by atoms with E-state index in [-0.39, 0.29) is 17.2 Å². The number of para-hydroxylation sites is 1. The Morgan fingerprint density at radius 2 is 1.53 bits per heavy atom. The minimum absolute atomic E-state index is 0.103. The third-order valence-electron chi connectivity index (χ3n) is 5.25. The Kier molecular flexibility index (Phi) is 10.00. The molecular formula is C28H25N3O4V. The van der Waals surface area contributed by atoms with Crippen LogP contribution in [0.25, 0.3) is 22.0 Å². The van der Waals surface area contributed by atoms with Crippen LogP contribution in [0.5, 0.6) is 17.2 Å². The molecule has 5 aromatic rings. The van der Waals surface area contributed by atoms with E-state index in [4.69, 9.17) is 3.67 Å². The van der Waals surface area contributed by atoms with E-state index in [2.05, 4.69) is 15.0 Å². The first-order chi connectivity index (χ1) is 17.6. The van der Waals surface area contributed by atoms with Gasteiger partial charge in [0.2, 0.25) is 0 Å². The van der Waals surface area contributed by atoms with Crippen molar-refractivity contribution in [2.75, 3.05) is 6.54 Å². The zero-order chi connectivity index (χ0) is 25.8. The van der Waals surface area contributed by atoms with E-state index >= 15 is 0 Å². The standard InChI is InChI=1S/C14H14N2O.C14H11NO2.O.V/c17-14-7-2-1-5-12(14)11-15-10-8-13-6-3-4-9-16-13;16-13-6-10-11(9-4-2-1-3-5-9)8-15-12(10)7-14(13)17;;/h1-7,9,11,17H,8,10H2;1-8,15-17H;;. The molecule has 2 heterocycles. The topological polar surface area (TPSA) is 119 Å². The van der Waals surface area contributed by atoms with Crippen LogP contribution < -0.4 is 0 Å². The van der Waals surface area contributed by atoms with Crippen molar-refractivity contribution in [2.45, 2.75) is 6.42 Å². The number of nitrogens with zero attached hydrogens (tertiary/aromatic N) is 2. The van der Waals surface area contributed by atoms with E-state index in [1.807, 2.05) is 66.9 Å². The number of aromatic amines is 1. The van der Waals surface area contributed by atoms with E-state index < -0.39 is 0 Å². The molecule has 0 aliphatic rings. The van der Waals surface area contributed by atoms with E-state index in [1.165, 1.54) is 6.07 Å². The molecule has 0 saturated heterocycles. The summed E-state index contributed by atoms with van der Waals surface area (Å²) in [5.41, 5.74) is 4.66. The van der Waals surface area contributed by atoms with Crippen molar-refractivity contribution >= 4 is 17.1 Å². The van der Waals surface area contributed by atoms with Gasteiger partial charge < -0.3 is 20.3 Å². The number of benzene rings is 3. The predicted molar refractivity (Wildman–Crippen MR) is 136 cm³/mol. The Morgan fingerprint density at radius 3 is 2.25 bits per heavy atom. The van der Waals surface area contributed by atoms with E-state index in [0.29, 0.717) is 6.54 Å².